The maximum absolute atomic E-state index is 12.1. The summed E-state index contributed by atoms with van der Waals surface area (Å²) < 4.78 is 31.9. The lowest BCUT2D eigenvalue weighted by Gasteiger charge is -2.08. The van der Waals surface area contributed by atoms with Gasteiger partial charge in [0.15, 0.2) is 0 Å². The Balaban J connectivity index is 2.13. The number of nitrogens with zero attached hydrogens (tertiary/aromatic N) is 2. The normalized spacial score (nSPS) is 11.1. The molecule has 1 aromatic heterocycles. The summed E-state index contributed by atoms with van der Waals surface area (Å²) in [6.07, 6.45) is 3.83. The van der Waals surface area contributed by atoms with Crippen LogP contribution in [0, 0.1) is 0 Å². The van der Waals surface area contributed by atoms with E-state index in [9.17, 15) is 8.42 Å². The second kappa shape index (κ2) is 6.33. The van der Waals surface area contributed by atoms with E-state index in [1.54, 1.807) is 18.2 Å². The number of sulfonamides is 1. The summed E-state index contributed by atoms with van der Waals surface area (Å²) in [6, 6.07) is 7.82. The zero-order valence-corrected chi connectivity index (χ0v) is 11.8. The molecule has 1 heterocycles. The van der Waals surface area contributed by atoms with Crippen molar-refractivity contribution in [1.29, 1.82) is 0 Å². The van der Waals surface area contributed by atoms with E-state index in [0.717, 1.165) is 6.42 Å². The number of anilines is 1. The number of benzene rings is 1. The third kappa shape index (κ3) is 3.67. The van der Waals surface area contributed by atoms with Gasteiger partial charge in [0.2, 0.25) is 5.95 Å². The Hall–Kier alpha value is -2.15. The van der Waals surface area contributed by atoms with Crippen LogP contribution in [-0.4, -0.2) is 25.0 Å². The fraction of sp³-hybridized carbons (Fsp3) is 0.231. The predicted molar refractivity (Wildman–Crippen MR) is 75.1 cm³/mol. The van der Waals surface area contributed by atoms with E-state index in [1.807, 2.05) is 6.92 Å². The van der Waals surface area contributed by atoms with Crippen molar-refractivity contribution in [2.75, 3.05) is 11.3 Å². The van der Waals surface area contributed by atoms with Crippen molar-refractivity contribution < 1.29 is 13.2 Å². The Bertz CT molecular complexity index is 642. The van der Waals surface area contributed by atoms with Gasteiger partial charge in [0, 0.05) is 12.4 Å². The highest BCUT2D eigenvalue weighted by molar-refractivity contribution is 7.92. The first-order chi connectivity index (χ1) is 9.62. The van der Waals surface area contributed by atoms with Gasteiger partial charge in [0.25, 0.3) is 10.0 Å². The van der Waals surface area contributed by atoms with E-state index >= 15 is 0 Å². The molecule has 0 fully saturated rings. The lowest BCUT2D eigenvalue weighted by Crippen LogP contribution is -2.14. The quantitative estimate of drug-likeness (QED) is 0.881. The van der Waals surface area contributed by atoms with Crippen molar-refractivity contribution in [3.8, 4) is 5.75 Å². The summed E-state index contributed by atoms with van der Waals surface area (Å²) in [5.74, 6) is 0.681. The van der Waals surface area contributed by atoms with Gasteiger partial charge >= 0.3 is 0 Å². The smallest absolute Gasteiger partial charge is 0.264 e. The molecule has 0 atom stereocenters. The highest BCUT2D eigenvalue weighted by Gasteiger charge is 2.15. The Kier molecular flexibility index (Phi) is 4.52. The predicted octanol–water partition coefficient (Wildman–Crippen LogP) is 2.07. The van der Waals surface area contributed by atoms with Crippen LogP contribution in [0.2, 0.25) is 0 Å². The topological polar surface area (TPSA) is 81.2 Å². The highest BCUT2D eigenvalue weighted by atomic mass is 32.2. The van der Waals surface area contributed by atoms with Crippen LogP contribution in [0.3, 0.4) is 0 Å². The summed E-state index contributed by atoms with van der Waals surface area (Å²) in [4.78, 5) is 7.78. The molecule has 0 aliphatic heterocycles. The van der Waals surface area contributed by atoms with Gasteiger partial charge in [-0.3, -0.25) is 0 Å². The van der Waals surface area contributed by atoms with Crippen LogP contribution in [0.4, 0.5) is 5.95 Å². The van der Waals surface area contributed by atoms with Crippen LogP contribution in [0.25, 0.3) is 0 Å². The molecule has 7 heteroatoms. The summed E-state index contributed by atoms with van der Waals surface area (Å²) >= 11 is 0. The number of hydrogen-bond donors (Lipinski definition) is 1. The standard InChI is InChI=1S/C13H15N3O3S/c1-2-10-19-11-4-6-12(7-5-11)20(17,18)16-13-14-8-3-9-15-13/h3-9H,2,10H2,1H3,(H,14,15,16). The maximum Gasteiger partial charge on any atom is 0.264 e. The van der Waals surface area contributed by atoms with Crippen LogP contribution >= 0.6 is 0 Å². The maximum atomic E-state index is 12.1. The zero-order valence-electron chi connectivity index (χ0n) is 11.0. The summed E-state index contributed by atoms with van der Waals surface area (Å²) in [7, 11) is -3.68. The number of ether oxygens (including phenoxy) is 1. The third-order valence-electron chi connectivity index (χ3n) is 2.40. The molecule has 0 aliphatic rings. The van der Waals surface area contributed by atoms with E-state index < -0.39 is 10.0 Å². The van der Waals surface area contributed by atoms with Crippen LogP contribution in [0.5, 0.6) is 5.75 Å². The lowest BCUT2D eigenvalue weighted by molar-refractivity contribution is 0.317. The van der Waals surface area contributed by atoms with Gasteiger partial charge < -0.3 is 4.74 Å². The van der Waals surface area contributed by atoms with Crippen molar-refractivity contribution in [1.82, 2.24) is 9.97 Å². The second-order valence-electron chi connectivity index (χ2n) is 4.00. The molecule has 0 amide bonds. The van der Waals surface area contributed by atoms with Gasteiger partial charge in [-0.05, 0) is 36.8 Å². The minimum atomic E-state index is -3.68. The summed E-state index contributed by atoms with van der Waals surface area (Å²) in [5.41, 5.74) is 0. The minimum absolute atomic E-state index is 0.0406. The Morgan fingerprint density at radius 3 is 2.40 bits per heavy atom. The van der Waals surface area contributed by atoms with Crippen molar-refractivity contribution in [2.45, 2.75) is 18.2 Å². The van der Waals surface area contributed by atoms with Crippen LogP contribution < -0.4 is 9.46 Å². The second-order valence-corrected chi connectivity index (χ2v) is 5.68. The van der Waals surface area contributed by atoms with Gasteiger partial charge in [-0.1, -0.05) is 6.92 Å². The van der Waals surface area contributed by atoms with Crippen molar-refractivity contribution >= 4 is 16.0 Å². The zero-order chi connectivity index (χ0) is 14.4. The van der Waals surface area contributed by atoms with Crippen LogP contribution in [-0.2, 0) is 10.0 Å². The molecule has 0 unspecified atom stereocenters. The van der Waals surface area contributed by atoms with Crippen LogP contribution in [0.1, 0.15) is 13.3 Å². The third-order valence-corrected chi connectivity index (χ3v) is 3.74. The lowest BCUT2D eigenvalue weighted by atomic mass is 10.3. The molecule has 2 rings (SSSR count). The first kappa shape index (κ1) is 14.3. The first-order valence-corrected chi connectivity index (χ1v) is 7.63. The molecular weight excluding hydrogens is 278 g/mol. The number of rotatable bonds is 6. The van der Waals surface area contributed by atoms with Crippen molar-refractivity contribution in [2.24, 2.45) is 0 Å². The van der Waals surface area contributed by atoms with E-state index in [2.05, 4.69) is 14.7 Å². The van der Waals surface area contributed by atoms with Gasteiger partial charge in [-0.2, -0.15) is 0 Å². The molecule has 106 valence electrons. The van der Waals surface area contributed by atoms with E-state index in [4.69, 9.17) is 4.74 Å². The fourth-order valence-electron chi connectivity index (χ4n) is 1.47. The molecule has 20 heavy (non-hydrogen) atoms. The molecule has 0 saturated carbocycles. The Morgan fingerprint density at radius 2 is 1.80 bits per heavy atom. The molecular formula is C13H15N3O3S. The average molecular weight is 293 g/mol. The fourth-order valence-corrected chi connectivity index (χ4v) is 2.42. The molecule has 2 aromatic rings. The Labute approximate surface area is 117 Å². The van der Waals surface area contributed by atoms with E-state index in [0.29, 0.717) is 12.4 Å². The highest BCUT2D eigenvalue weighted by Crippen LogP contribution is 2.17. The molecule has 1 N–H and O–H groups in total. The molecule has 6 nitrogen and oxygen atoms in total. The van der Waals surface area contributed by atoms with Gasteiger partial charge in [-0.15, -0.1) is 0 Å². The Morgan fingerprint density at radius 1 is 1.15 bits per heavy atom. The average Bonchev–Trinajstić information content (AvgIpc) is 2.46. The van der Waals surface area contributed by atoms with E-state index in [-0.39, 0.29) is 10.8 Å². The van der Waals surface area contributed by atoms with Crippen molar-refractivity contribution in [3.63, 3.8) is 0 Å². The molecule has 0 aliphatic carbocycles. The minimum Gasteiger partial charge on any atom is -0.494 e. The van der Waals surface area contributed by atoms with Crippen LogP contribution in [0.15, 0.2) is 47.6 Å². The van der Waals surface area contributed by atoms with Gasteiger partial charge in [-0.25, -0.2) is 23.1 Å². The SMILES string of the molecule is CCCOc1ccc(S(=O)(=O)Nc2ncccn2)cc1. The summed E-state index contributed by atoms with van der Waals surface area (Å²) in [6.45, 7) is 2.60. The van der Waals surface area contributed by atoms with Crippen molar-refractivity contribution in [3.05, 3.63) is 42.7 Å². The monoisotopic (exact) mass is 293 g/mol. The molecule has 0 saturated heterocycles. The summed E-state index contributed by atoms with van der Waals surface area (Å²) in [5, 5.41) is 0. The molecule has 0 radical (unpaired) electrons. The molecule has 0 bridgehead atoms. The van der Waals surface area contributed by atoms with Gasteiger partial charge in [0.05, 0.1) is 11.5 Å². The number of aromatic nitrogens is 2. The molecule has 1 aromatic carbocycles. The van der Waals surface area contributed by atoms with E-state index in [1.165, 1.54) is 24.5 Å². The number of nitrogens with one attached hydrogen (secondary N) is 1. The first-order valence-electron chi connectivity index (χ1n) is 6.14. The number of hydrogen-bond acceptors (Lipinski definition) is 5. The van der Waals surface area contributed by atoms with Gasteiger partial charge in [0.1, 0.15) is 5.75 Å². The largest absolute Gasteiger partial charge is 0.494 e. The molecule has 0 spiro atoms.